The quantitative estimate of drug-likeness (QED) is 0.221. The van der Waals surface area contributed by atoms with Gasteiger partial charge < -0.3 is 45.1 Å². The molecule has 0 saturated carbocycles. The number of hydrogen-bond donors (Lipinski definition) is 5. The number of halogens is 4. The summed E-state index contributed by atoms with van der Waals surface area (Å²) in [6.45, 7) is 0.293. The average molecular weight is 848 g/mol. The van der Waals surface area contributed by atoms with Crippen molar-refractivity contribution in [1.29, 1.82) is 0 Å². The standard InChI is InChI=1S/C25H28Br4N4O9/c1-39-18-12(26)7-24(20(35)16(18)28)9-14(32-41-24)22(37)30-5-3-11(34)4-6-31-23(38)15-10-25(42-33-15)8-13(27)19(40-2)17(29)21(25)36/h7-8,11,20-21,34-36H,3-6,9-10H2,1-2H3,(H,30,37)(H,31,38)/t20-,21-,24+,25+/m0/s1. The molecule has 230 valence electrons. The molecular formula is C25H28Br4N4O9. The molecule has 2 heterocycles. The molecule has 0 bridgehead atoms. The van der Waals surface area contributed by atoms with Crippen LogP contribution in [-0.2, 0) is 28.7 Å². The third-order valence-corrected chi connectivity index (χ3v) is 9.78. The Kier molecular flexibility index (Phi) is 10.6. The molecular weight excluding hydrogens is 820 g/mol. The molecule has 4 aliphatic rings. The highest BCUT2D eigenvalue weighted by Gasteiger charge is 2.51. The zero-order valence-corrected chi connectivity index (χ0v) is 28.7. The third kappa shape index (κ3) is 6.51. The lowest BCUT2D eigenvalue weighted by atomic mass is 9.87. The first-order chi connectivity index (χ1) is 19.9. The Morgan fingerprint density at radius 3 is 1.62 bits per heavy atom. The van der Waals surface area contributed by atoms with Crippen molar-refractivity contribution in [3.05, 3.63) is 41.6 Å². The third-order valence-electron chi connectivity index (χ3n) is 7.01. The fourth-order valence-electron chi connectivity index (χ4n) is 4.69. The maximum Gasteiger partial charge on any atom is 0.269 e. The number of rotatable bonds is 10. The van der Waals surface area contributed by atoms with Crippen LogP contribution in [0.2, 0.25) is 0 Å². The van der Waals surface area contributed by atoms with Gasteiger partial charge >= 0.3 is 0 Å². The van der Waals surface area contributed by atoms with E-state index in [9.17, 15) is 24.9 Å². The first-order valence-corrected chi connectivity index (χ1v) is 15.8. The van der Waals surface area contributed by atoms with Gasteiger partial charge in [-0.2, -0.15) is 0 Å². The van der Waals surface area contributed by atoms with Crippen molar-refractivity contribution in [2.45, 2.75) is 55.2 Å². The van der Waals surface area contributed by atoms with Crippen LogP contribution in [0, 0.1) is 0 Å². The van der Waals surface area contributed by atoms with E-state index in [1.54, 1.807) is 12.2 Å². The van der Waals surface area contributed by atoms with Gasteiger partial charge in [0, 0.05) is 25.9 Å². The summed E-state index contributed by atoms with van der Waals surface area (Å²) in [5, 5.41) is 44.9. The molecule has 13 nitrogen and oxygen atoms in total. The Morgan fingerprint density at radius 1 is 0.881 bits per heavy atom. The number of methoxy groups -OCH3 is 2. The molecule has 42 heavy (non-hydrogen) atoms. The lowest BCUT2D eigenvalue weighted by Crippen LogP contribution is -2.45. The van der Waals surface area contributed by atoms with Crippen molar-refractivity contribution in [1.82, 2.24) is 10.6 Å². The molecule has 0 saturated heterocycles. The predicted molar refractivity (Wildman–Crippen MR) is 165 cm³/mol. The van der Waals surface area contributed by atoms with Gasteiger partial charge in [0.05, 0.1) is 38.3 Å². The Bertz CT molecular complexity index is 1230. The van der Waals surface area contributed by atoms with Crippen LogP contribution in [0.4, 0.5) is 0 Å². The van der Waals surface area contributed by atoms with E-state index in [2.05, 4.69) is 84.7 Å². The molecule has 2 aliphatic carbocycles. The van der Waals surface area contributed by atoms with Gasteiger partial charge in [0.2, 0.25) is 0 Å². The molecule has 2 amide bonds. The summed E-state index contributed by atoms with van der Waals surface area (Å²) in [5.74, 6) is -0.152. The van der Waals surface area contributed by atoms with Crippen molar-refractivity contribution in [3.8, 4) is 0 Å². The number of hydrogen-bond acceptors (Lipinski definition) is 11. The van der Waals surface area contributed by atoms with Crippen LogP contribution in [0.5, 0.6) is 0 Å². The Labute approximate surface area is 274 Å². The van der Waals surface area contributed by atoms with E-state index in [-0.39, 0.29) is 50.2 Å². The molecule has 0 aromatic heterocycles. The number of nitrogens with zero attached hydrogens (tertiary/aromatic N) is 2. The summed E-state index contributed by atoms with van der Waals surface area (Å²) in [4.78, 5) is 36.2. The summed E-state index contributed by atoms with van der Waals surface area (Å²) in [6, 6.07) is 0. The van der Waals surface area contributed by atoms with Crippen LogP contribution in [0.25, 0.3) is 0 Å². The number of allylic oxidation sites excluding steroid dienone is 2. The van der Waals surface area contributed by atoms with E-state index in [1.165, 1.54) is 14.2 Å². The molecule has 4 rings (SSSR count). The predicted octanol–water partition coefficient (Wildman–Crippen LogP) is 2.20. The van der Waals surface area contributed by atoms with Gasteiger partial charge in [-0.3, -0.25) is 9.59 Å². The molecule has 5 N–H and O–H groups in total. The number of oxime groups is 2. The van der Waals surface area contributed by atoms with E-state index in [1.807, 2.05) is 0 Å². The summed E-state index contributed by atoms with van der Waals surface area (Å²) >= 11 is 13.4. The minimum atomic E-state index is -1.26. The van der Waals surface area contributed by atoms with Gasteiger partial charge in [-0.1, -0.05) is 10.3 Å². The van der Waals surface area contributed by atoms with Crippen LogP contribution in [0.15, 0.2) is 51.9 Å². The van der Waals surface area contributed by atoms with E-state index in [0.29, 0.717) is 29.4 Å². The van der Waals surface area contributed by atoms with Gasteiger partial charge in [0.15, 0.2) is 11.2 Å². The van der Waals surface area contributed by atoms with Crippen molar-refractivity contribution >= 4 is 87.0 Å². The number of aliphatic hydroxyl groups is 3. The number of nitrogens with one attached hydrogen (secondary N) is 2. The van der Waals surface area contributed by atoms with Crippen molar-refractivity contribution in [2.75, 3.05) is 27.3 Å². The number of carbonyl (C=O) groups excluding carboxylic acids is 2. The fraction of sp³-hybridized carbons (Fsp3) is 0.520. The van der Waals surface area contributed by atoms with E-state index in [4.69, 9.17) is 19.1 Å². The smallest absolute Gasteiger partial charge is 0.269 e. The monoisotopic (exact) mass is 844 g/mol. The van der Waals surface area contributed by atoms with E-state index in [0.717, 1.165) is 0 Å². The first-order valence-electron chi connectivity index (χ1n) is 12.6. The number of amides is 2. The van der Waals surface area contributed by atoms with Crippen LogP contribution < -0.4 is 10.6 Å². The van der Waals surface area contributed by atoms with Crippen LogP contribution in [0.3, 0.4) is 0 Å². The molecule has 4 atom stereocenters. The Hall–Kier alpha value is -1.76. The largest absolute Gasteiger partial charge is 0.495 e. The van der Waals surface area contributed by atoms with Gasteiger partial charge in [-0.25, -0.2) is 0 Å². The molecule has 0 unspecified atom stereocenters. The van der Waals surface area contributed by atoms with E-state index >= 15 is 0 Å². The fourth-order valence-corrected chi connectivity index (χ4v) is 8.27. The lowest BCUT2D eigenvalue weighted by molar-refractivity contribution is -0.115. The minimum Gasteiger partial charge on any atom is -0.495 e. The highest BCUT2D eigenvalue weighted by Crippen LogP contribution is 2.45. The zero-order valence-electron chi connectivity index (χ0n) is 22.3. The second-order valence-corrected chi connectivity index (χ2v) is 13.2. The van der Waals surface area contributed by atoms with Crippen LogP contribution in [0.1, 0.15) is 25.7 Å². The molecule has 2 spiro atoms. The maximum atomic E-state index is 12.6. The normalized spacial score (nSPS) is 28.7. The van der Waals surface area contributed by atoms with Crippen molar-refractivity contribution in [3.63, 3.8) is 0 Å². The van der Waals surface area contributed by atoms with Crippen molar-refractivity contribution in [2.24, 2.45) is 10.3 Å². The first kappa shape index (κ1) is 33.1. The van der Waals surface area contributed by atoms with Crippen molar-refractivity contribution < 1.29 is 44.1 Å². The molecule has 17 heteroatoms. The average Bonchev–Trinajstić information content (AvgIpc) is 3.57. The van der Waals surface area contributed by atoms with Gasteiger partial charge in [0.1, 0.15) is 35.1 Å². The summed E-state index contributed by atoms with van der Waals surface area (Å²) < 4.78 is 12.3. The van der Waals surface area contributed by atoms with Gasteiger partial charge in [-0.15, -0.1) is 0 Å². The molecule has 0 fully saturated rings. The topological polar surface area (TPSA) is 181 Å². The summed E-state index contributed by atoms with van der Waals surface area (Å²) in [7, 11) is 2.93. The maximum absolute atomic E-state index is 12.6. The lowest BCUT2D eigenvalue weighted by Gasteiger charge is -2.33. The van der Waals surface area contributed by atoms with Gasteiger partial charge in [0.25, 0.3) is 11.8 Å². The zero-order chi connectivity index (χ0) is 30.8. The molecule has 0 aromatic rings. The van der Waals surface area contributed by atoms with Crippen LogP contribution in [-0.4, -0.2) is 95.4 Å². The molecule has 0 radical (unpaired) electrons. The highest BCUT2D eigenvalue weighted by molar-refractivity contribution is 9.12. The Balaban J connectivity index is 1.17. The Morgan fingerprint density at radius 2 is 1.26 bits per heavy atom. The number of ether oxygens (including phenoxy) is 2. The minimum absolute atomic E-state index is 0.0230. The van der Waals surface area contributed by atoms with Crippen LogP contribution >= 0.6 is 63.7 Å². The molecule has 2 aliphatic heterocycles. The second kappa shape index (κ2) is 13.5. The summed E-state index contributed by atoms with van der Waals surface area (Å²) in [5.41, 5.74) is -2.34. The number of aliphatic hydroxyl groups excluding tert-OH is 3. The summed E-state index contributed by atoms with van der Waals surface area (Å²) in [6.07, 6.45) is 0.609. The number of carbonyl (C=O) groups is 2. The SMILES string of the molecule is COC1=C(Br)[C@H](O)[C@@]2(C=C1Br)CC(C(=O)NCCC(O)CCNC(=O)C1=NO[C@]3(C=C(Br)C(OC)=C(Br)[C@@H]3O)C1)=NO2. The van der Waals surface area contributed by atoms with E-state index < -0.39 is 41.3 Å². The second-order valence-electron chi connectivity index (χ2n) is 9.82. The molecule has 0 aromatic carbocycles. The highest BCUT2D eigenvalue weighted by atomic mass is 79.9. The van der Waals surface area contributed by atoms with Gasteiger partial charge in [-0.05, 0) is 88.7 Å².